The van der Waals surface area contributed by atoms with Gasteiger partial charge in [0.15, 0.2) is 5.11 Å². The molecule has 2 aromatic heterocycles. The molecule has 0 atom stereocenters. The second-order valence-electron chi connectivity index (χ2n) is 8.07. The van der Waals surface area contributed by atoms with E-state index in [1.807, 2.05) is 56.3 Å². The fourth-order valence-corrected chi connectivity index (χ4v) is 4.16. The van der Waals surface area contributed by atoms with Crippen LogP contribution in [0.2, 0.25) is 0 Å². The van der Waals surface area contributed by atoms with Crippen molar-refractivity contribution in [2.45, 2.75) is 33.6 Å². The maximum absolute atomic E-state index is 13.3. The first kappa shape index (κ1) is 21.6. The number of pyridine rings is 1. The van der Waals surface area contributed by atoms with E-state index in [9.17, 15) is 9.59 Å². The highest BCUT2D eigenvalue weighted by Gasteiger charge is 2.34. The Bertz CT molecular complexity index is 1240. The number of aromatic nitrogens is 2. The first-order chi connectivity index (χ1) is 15.3. The lowest BCUT2D eigenvalue weighted by atomic mass is 10.0. The second kappa shape index (κ2) is 8.51. The fourth-order valence-electron chi connectivity index (χ4n) is 3.88. The van der Waals surface area contributed by atoms with Crippen LogP contribution in [0.4, 0.5) is 5.69 Å². The van der Waals surface area contributed by atoms with Crippen LogP contribution in [-0.2, 0) is 9.59 Å². The number of aryl methyl sites for hydroxylation is 1. The number of rotatable bonds is 4. The highest BCUT2D eigenvalue weighted by molar-refractivity contribution is 7.80. The monoisotopic (exact) mass is 444 g/mol. The molecular weight excluding hydrogens is 420 g/mol. The van der Waals surface area contributed by atoms with Crippen LogP contribution < -0.4 is 10.2 Å². The molecular formula is C25H24N4O2S. The summed E-state index contributed by atoms with van der Waals surface area (Å²) < 4.78 is 2.06. The molecule has 0 bridgehead atoms. The van der Waals surface area contributed by atoms with Crippen molar-refractivity contribution in [2.75, 3.05) is 4.90 Å². The van der Waals surface area contributed by atoms with Gasteiger partial charge in [0.05, 0.1) is 5.69 Å². The van der Waals surface area contributed by atoms with Gasteiger partial charge in [-0.15, -0.1) is 0 Å². The highest BCUT2D eigenvalue weighted by Crippen LogP contribution is 2.27. The van der Waals surface area contributed by atoms with E-state index in [1.54, 1.807) is 18.5 Å². The zero-order chi connectivity index (χ0) is 23.0. The summed E-state index contributed by atoms with van der Waals surface area (Å²) in [6.07, 6.45) is 5.09. The summed E-state index contributed by atoms with van der Waals surface area (Å²) >= 11 is 5.32. The van der Waals surface area contributed by atoms with E-state index in [0.717, 1.165) is 28.2 Å². The Balaban J connectivity index is 1.73. The maximum Gasteiger partial charge on any atom is 0.270 e. The molecule has 1 aliphatic heterocycles. The largest absolute Gasteiger partial charge is 0.318 e. The molecule has 2 amide bonds. The van der Waals surface area contributed by atoms with Crippen molar-refractivity contribution in [3.8, 4) is 5.69 Å². The lowest BCUT2D eigenvalue weighted by Crippen LogP contribution is -2.54. The number of benzene rings is 1. The Hall–Kier alpha value is -3.58. The van der Waals surface area contributed by atoms with Crippen molar-refractivity contribution in [2.24, 2.45) is 0 Å². The van der Waals surface area contributed by atoms with Gasteiger partial charge in [0, 0.05) is 29.5 Å². The molecule has 3 heterocycles. The van der Waals surface area contributed by atoms with Crippen LogP contribution in [0, 0.1) is 13.8 Å². The number of hydrogen-bond donors (Lipinski definition) is 1. The van der Waals surface area contributed by atoms with E-state index in [1.165, 1.54) is 4.90 Å². The fraction of sp³-hybridized carbons (Fsp3) is 0.200. The van der Waals surface area contributed by atoms with Crippen molar-refractivity contribution in [1.82, 2.24) is 14.9 Å². The Labute approximate surface area is 192 Å². The minimum absolute atomic E-state index is 0.0431. The predicted octanol–water partition coefficient (Wildman–Crippen LogP) is 4.44. The molecule has 0 saturated carbocycles. The van der Waals surface area contributed by atoms with Gasteiger partial charge in [-0.1, -0.05) is 26.0 Å². The van der Waals surface area contributed by atoms with Crippen molar-refractivity contribution >= 4 is 40.9 Å². The van der Waals surface area contributed by atoms with Crippen LogP contribution in [-0.4, -0.2) is 26.5 Å². The first-order valence-corrected chi connectivity index (χ1v) is 10.8. The summed E-state index contributed by atoms with van der Waals surface area (Å²) in [5.74, 6) is -0.563. The third-order valence-corrected chi connectivity index (χ3v) is 5.90. The molecule has 1 aliphatic rings. The van der Waals surface area contributed by atoms with E-state index in [-0.39, 0.29) is 10.7 Å². The standard InChI is InChI=1S/C25H24N4O2S/c1-15(2)18-5-7-20(8-6-18)29-24(31)22(23(30)27-25(29)32)14-19-13-16(3)28(17(19)4)21-9-11-26-12-10-21/h5-15H,1-4H3,(H,27,30,32). The molecule has 7 heteroatoms. The molecule has 1 fully saturated rings. The molecule has 4 rings (SSSR count). The van der Waals surface area contributed by atoms with Crippen LogP contribution in [0.25, 0.3) is 11.8 Å². The van der Waals surface area contributed by atoms with Gasteiger partial charge in [0.2, 0.25) is 0 Å². The van der Waals surface area contributed by atoms with E-state index in [0.29, 0.717) is 11.6 Å². The summed E-state index contributed by atoms with van der Waals surface area (Å²) in [6.45, 7) is 8.15. The van der Waals surface area contributed by atoms with Crippen molar-refractivity contribution in [3.05, 3.63) is 82.9 Å². The van der Waals surface area contributed by atoms with Crippen LogP contribution in [0.3, 0.4) is 0 Å². The van der Waals surface area contributed by atoms with Gasteiger partial charge in [0.25, 0.3) is 11.8 Å². The zero-order valence-corrected chi connectivity index (χ0v) is 19.2. The van der Waals surface area contributed by atoms with Gasteiger partial charge in [-0.25, -0.2) is 0 Å². The average molecular weight is 445 g/mol. The van der Waals surface area contributed by atoms with Crippen molar-refractivity contribution in [1.29, 1.82) is 0 Å². The number of carbonyl (C=O) groups is 2. The van der Waals surface area contributed by atoms with Crippen LogP contribution in [0.1, 0.15) is 42.3 Å². The van der Waals surface area contributed by atoms with E-state index in [2.05, 4.69) is 28.7 Å². The summed E-state index contributed by atoms with van der Waals surface area (Å²) in [4.78, 5) is 31.5. The molecule has 0 aliphatic carbocycles. The minimum atomic E-state index is -0.497. The van der Waals surface area contributed by atoms with Crippen molar-refractivity contribution < 1.29 is 9.59 Å². The average Bonchev–Trinajstić information content (AvgIpc) is 3.04. The number of thiocarbonyl (C=S) groups is 1. The van der Waals surface area contributed by atoms with Crippen LogP contribution in [0.15, 0.2) is 60.4 Å². The van der Waals surface area contributed by atoms with Gasteiger partial charge in [-0.3, -0.25) is 24.8 Å². The van der Waals surface area contributed by atoms with Gasteiger partial charge >= 0.3 is 0 Å². The highest BCUT2D eigenvalue weighted by atomic mass is 32.1. The van der Waals surface area contributed by atoms with Gasteiger partial charge in [-0.2, -0.15) is 0 Å². The third kappa shape index (κ3) is 3.87. The molecule has 1 N–H and O–H groups in total. The summed E-state index contributed by atoms with van der Waals surface area (Å²) in [6, 6.07) is 13.4. The number of nitrogens with zero attached hydrogens (tertiary/aromatic N) is 3. The maximum atomic E-state index is 13.3. The van der Waals surface area contributed by atoms with Crippen molar-refractivity contribution in [3.63, 3.8) is 0 Å². The minimum Gasteiger partial charge on any atom is -0.318 e. The zero-order valence-electron chi connectivity index (χ0n) is 18.4. The lowest BCUT2D eigenvalue weighted by Gasteiger charge is -2.29. The molecule has 1 saturated heterocycles. The Morgan fingerprint density at radius 1 is 1.00 bits per heavy atom. The molecule has 162 valence electrons. The number of hydrogen-bond acceptors (Lipinski definition) is 4. The quantitative estimate of drug-likeness (QED) is 0.367. The van der Waals surface area contributed by atoms with Gasteiger partial charge in [0.1, 0.15) is 5.57 Å². The molecule has 32 heavy (non-hydrogen) atoms. The summed E-state index contributed by atoms with van der Waals surface area (Å²) in [5.41, 5.74) is 5.49. The Morgan fingerprint density at radius 2 is 1.66 bits per heavy atom. The Kier molecular flexibility index (Phi) is 5.76. The topological polar surface area (TPSA) is 67.2 Å². The van der Waals surface area contributed by atoms with E-state index >= 15 is 0 Å². The number of nitrogens with one attached hydrogen (secondary N) is 1. The van der Waals surface area contributed by atoms with Crippen LogP contribution >= 0.6 is 12.2 Å². The second-order valence-corrected chi connectivity index (χ2v) is 8.46. The lowest BCUT2D eigenvalue weighted by molar-refractivity contribution is -0.122. The molecule has 0 unspecified atom stereocenters. The van der Waals surface area contributed by atoms with Gasteiger partial charge < -0.3 is 4.57 Å². The van der Waals surface area contributed by atoms with E-state index in [4.69, 9.17) is 12.2 Å². The third-order valence-electron chi connectivity index (χ3n) is 5.61. The predicted molar refractivity (Wildman–Crippen MR) is 130 cm³/mol. The summed E-state index contributed by atoms with van der Waals surface area (Å²) in [7, 11) is 0. The SMILES string of the molecule is Cc1cc(C=C2C(=O)NC(=S)N(c3ccc(C(C)C)cc3)C2=O)c(C)n1-c1ccncc1. The van der Waals surface area contributed by atoms with E-state index < -0.39 is 11.8 Å². The number of amides is 2. The normalized spacial score (nSPS) is 15.6. The molecule has 3 aromatic rings. The smallest absolute Gasteiger partial charge is 0.270 e. The summed E-state index contributed by atoms with van der Waals surface area (Å²) in [5, 5.41) is 2.73. The van der Waals surface area contributed by atoms with Crippen LogP contribution in [0.5, 0.6) is 0 Å². The molecule has 1 aromatic carbocycles. The van der Waals surface area contributed by atoms with Gasteiger partial charge in [-0.05, 0) is 79.5 Å². The molecule has 0 radical (unpaired) electrons. The Morgan fingerprint density at radius 3 is 2.28 bits per heavy atom. The molecule has 0 spiro atoms. The number of anilines is 1. The number of carbonyl (C=O) groups excluding carboxylic acids is 2. The molecule has 6 nitrogen and oxygen atoms in total. The first-order valence-electron chi connectivity index (χ1n) is 10.4.